The summed E-state index contributed by atoms with van der Waals surface area (Å²) in [6.07, 6.45) is -12.9. The van der Waals surface area contributed by atoms with E-state index in [1.54, 1.807) is 0 Å². The second kappa shape index (κ2) is 9.62. The smallest absolute Gasteiger partial charge is 0.460 e. The zero-order chi connectivity index (χ0) is 30.6. The Labute approximate surface area is 212 Å². The van der Waals surface area contributed by atoms with E-state index in [1.807, 2.05) is 0 Å². The maximum Gasteiger partial charge on any atom is 0.460 e. The van der Waals surface area contributed by atoms with Gasteiger partial charge in [0.2, 0.25) is 0 Å². The summed E-state index contributed by atoms with van der Waals surface area (Å²) >= 11 is 0. The Balaban J connectivity index is 3.04. The zero-order valence-electron chi connectivity index (χ0n) is 19.9. The van der Waals surface area contributed by atoms with Crippen molar-refractivity contribution >= 4 is 10.1 Å². The fourth-order valence-corrected chi connectivity index (χ4v) is 4.01. The maximum absolute atomic E-state index is 14.4. The largest absolute Gasteiger partial charge is 0.491 e. The van der Waals surface area contributed by atoms with Crippen molar-refractivity contribution in [2.45, 2.75) is 55.6 Å². The van der Waals surface area contributed by atoms with E-state index < -0.39 is 79.0 Å². The minimum Gasteiger partial charge on any atom is -0.491 e. The molecule has 39 heavy (non-hydrogen) atoms. The summed E-state index contributed by atoms with van der Waals surface area (Å²) in [7, 11) is -6.98. The molecule has 0 saturated heterocycles. The molecule has 1 heterocycles. The van der Waals surface area contributed by atoms with E-state index in [0.29, 0.717) is 7.11 Å². The Kier molecular flexibility index (Phi) is 7.97. The van der Waals surface area contributed by atoms with Gasteiger partial charge in [0.25, 0.3) is 0 Å². The molecule has 0 aliphatic carbocycles. The Hall–Kier alpha value is -2.92. The van der Waals surface area contributed by atoms with Gasteiger partial charge in [0.15, 0.2) is 17.2 Å². The molecule has 1 aromatic heterocycles. The number of pyridine rings is 1. The summed E-state index contributed by atoms with van der Waals surface area (Å²) in [5, 5.41) is -7.35. The van der Waals surface area contributed by atoms with Crippen LogP contribution in [0.15, 0.2) is 30.3 Å². The average molecular weight is 607 g/mol. The summed E-state index contributed by atoms with van der Waals surface area (Å²) in [5.74, 6) is -18.3. The number of ether oxygens (including phenoxy) is 1. The van der Waals surface area contributed by atoms with Crippen LogP contribution in [0.2, 0.25) is 0 Å². The molecule has 0 fully saturated rings. The molecule has 2 rings (SSSR count). The first-order chi connectivity index (χ1) is 17.3. The molecule has 0 radical (unpaired) electrons. The third kappa shape index (κ3) is 5.43. The molecule has 2 aromatic rings. The summed E-state index contributed by atoms with van der Waals surface area (Å²) in [6, 6.07) is 5.10. The molecule has 0 atom stereocenters. The number of benzene rings is 1. The van der Waals surface area contributed by atoms with Gasteiger partial charge < -0.3 is 8.92 Å². The van der Waals surface area contributed by atoms with E-state index >= 15 is 0 Å². The number of alkyl halides is 12. The van der Waals surface area contributed by atoms with Crippen LogP contribution < -0.4 is 8.92 Å². The van der Waals surface area contributed by atoms with Gasteiger partial charge in [-0.15, -0.1) is 0 Å². The lowest BCUT2D eigenvalue weighted by Crippen LogP contribution is -2.63. The van der Waals surface area contributed by atoms with Crippen LogP contribution >= 0.6 is 0 Å². The molecule has 5 nitrogen and oxygen atoms in total. The molecule has 0 amide bonds. The number of rotatable bonds is 7. The zero-order valence-corrected chi connectivity index (χ0v) is 20.7. The highest BCUT2D eigenvalue weighted by Crippen LogP contribution is 2.56. The highest BCUT2D eigenvalue weighted by atomic mass is 32.2. The summed E-state index contributed by atoms with van der Waals surface area (Å²) in [6.45, 7) is 3.56. The van der Waals surface area contributed by atoms with E-state index in [9.17, 15) is 61.1 Å². The molecule has 0 saturated carbocycles. The molecule has 1 aromatic carbocycles. The highest BCUT2D eigenvalue weighted by molar-refractivity contribution is 7.88. The standard InChI is InChI=1S/C21H17F12NO4S/c1-16(2,3)15-13(37-4)12(11(10-8-6-5-7-9-10)14(34-15)17(22,23)24)38-39(35,36)21(32,33)19(27,28)18(25,26)20(29,30)31/h5-9H,1-4H3. The van der Waals surface area contributed by atoms with Gasteiger partial charge in [-0.3, -0.25) is 0 Å². The highest BCUT2D eigenvalue weighted by Gasteiger charge is 2.86. The minimum atomic E-state index is -7.69. The van der Waals surface area contributed by atoms with Gasteiger partial charge in [-0.05, 0) is 5.56 Å². The number of hydrogen-bond donors (Lipinski definition) is 0. The molecule has 0 unspecified atom stereocenters. The Bertz CT molecular complexity index is 1320. The quantitative estimate of drug-likeness (QED) is 0.246. The van der Waals surface area contributed by atoms with Gasteiger partial charge in [-0.2, -0.15) is 61.1 Å². The first-order valence-corrected chi connectivity index (χ1v) is 11.6. The third-order valence-electron chi connectivity index (χ3n) is 4.98. The second-order valence-electron chi connectivity index (χ2n) is 8.86. The van der Waals surface area contributed by atoms with Crippen molar-refractivity contribution in [1.29, 1.82) is 0 Å². The van der Waals surface area contributed by atoms with E-state index in [0.717, 1.165) is 24.3 Å². The number of halogens is 12. The van der Waals surface area contributed by atoms with E-state index in [1.165, 1.54) is 26.8 Å². The fourth-order valence-electron chi connectivity index (χ4n) is 3.08. The second-order valence-corrected chi connectivity index (χ2v) is 10.4. The summed E-state index contributed by atoms with van der Waals surface area (Å²) in [5.41, 5.74) is -6.48. The SMILES string of the molecule is COc1c(C(C)(C)C)nc(C(F)(F)F)c(-c2ccccc2)c1OS(=O)(=O)C(F)(F)C(F)(F)C(F)(F)C(F)(F)F. The van der Waals surface area contributed by atoms with Crippen LogP contribution in [0.5, 0.6) is 11.5 Å². The van der Waals surface area contributed by atoms with Crippen molar-refractivity contribution in [3.8, 4) is 22.6 Å². The molecule has 0 bridgehead atoms. The molecule has 0 spiro atoms. The lowest BCUT2D eigenvalue weighted by molar-refractivity contribution is -0.382. The first kappa shape index (κ1) is 32.3. The topological polar surface area (TPSA) is 65.5 Å². The molecular formula is C21H17F12NO4S. The summed E-state index contributed by atoms with van der Waals surface area (Å²) < 4.78 is 196. The monoisotopic (exact) mass is 607 g/mol. The van der Waals surface area contributed by atoms with Crippen LogP contribution in [0.3, 0.4) is 0 Å². The number of nitrogens with zero attached hydrogens (tertiary/aromatic N) is 1. The fraction of sp³-hybridized carbons (Fsp3) is 0.476. The predicted octanol–water partition coefficient (Wildman–Crippen LogP) is 7.21. The lowest BCUT2D eigenvalue weighted by atomic mass is 9.88. The minimum absolute atomic E-state index is 0.656. The van der Waals surface area contributed by atoms with Gasteiger partial charge in [-0.25, -0.2) is 4.98 Å². The van der Waals surface area contributed by atoms with Crippen LogP contribution in [-0.2, 0) is 21.7 Å². The molecule has 18 heteroatoms. The van der Waals surface area contributed by atoms with Crippen LogP contribution in [0.4, 0.5) is 52.7 Å². The van der Waals surface area contributed by atoms with Crippen molar-refractivity contribution in [2.24, 2.45) is 0 Å². The number of hydrogen-bond acceptors (Lipinski definition) is 5. The van der Waals surface area contributed by atoms with Crippen molar-refractivity contribution in [3.63, 3.8) is 0 Å². The third-order valence-corrected chi connectivity index (χ3v) is 6.25. The van der Waals surface area contributed by atoms with Crippen molar-refractivity contribution in [2.75, 3.05) is 7.11 Å². The molecule has 0 aliphatic rings. The number of methoxy groups -OCH3 is 1. The van der Waals surface area contributed by atoms with Crippen molar-refractivity contribution in [3.05, 3.63) is 41.7 Å². The molecule has 0 N–H and O–H groups in total. The van der Waals surface area contributed by atoms with Crippen LogP contribution in [0.25, 0.3) is 11.1 Å². The van der Waals surface area contributed by atoms with Gasteiger partial charge in [0.1, 0.15) is 0 Å². The van der Waals surface area contributed by atoms with E-state index in [4.69, 9.17) is 4.74 Å². The predicted molar refractivity (Wildman–Crippen MR) is 110 cm³/mol. The number of aromatic nitrogens is 1. The van der Waals surface area contributed by atoms with E-state index in [2.05, 4.69) is 9.17 Å². The molecule has 0 aliphatic heterocycles. The Morgan fingerprint density at radius 3 is 1.59 bits per heavy atom. The molecule has 220 valence electrons. The Morgan fingerprint density at radius 1 is 0.718 bits per heavy atom. The van der Waals surface area contributed by atoms with E-state index in [-0.39, 0.29) is 0 Å². The van der Waals surface area contributed by atoms with Crippen LogP contribution in [0.1, 0.15) is 32.2 Å². The first-order valence-electron chi connectivity index (χ1n) is 10.1. The van der Waals surface area contributed by atoms with Crippen LogP contribution in [0, 0.1) is 0 Å². The van der Waals surface area contributed by atoms with Crippen LogP contribution in [-0.4, -0.2) is 43.8 Å². The lowest BCUT2D eigenvalue weighted by Gasteiger charge is -2.33. The van der Waals surface area contributed by atoms with Gasteiger partial charge in [-0.1, -0.05) is 51.1 Å². The van der Waals surface area contributed by atoms with Crippen molar-refractivity contribution < 1.29 is 70.0 Å². The summed E-state index contributed by atoms with van der Waals surface area (Å²) in [4.78, 5) is 3.41. The van der Waals surface area contributed by atoms with Crippen molar-refractivity contribution in [1.82, 2.24) is 4.98 Å². The van der Waals surface area contributed by atoms with Gasteiger partial charge in [0.05, 0.1) is 18.4 Å². The average Bonchev–Trinajstić information content (AvgIpc) is 2.76. The van der Waals surface area contributed by atoms with Gasteiger partial charge >= 0.3 is 39.6 Å². The normalized spacial score (nSPS) is 14.4. The maximum atomic E-state index is 14.4. The molecular weight excluding hydrogens is 590 g/mol. The Morgan fingerprint density at radius 2 is 1.21 bits per heavy atom. The van der Waals surface area contributed by atoms with Gasteiger partial charge in [0, 0.05) is 5.41 Å².